The Morgan fingerprint density at radius 2 is 2.22 bits per heavy atom. The third-order valence-electron chi connectivity index (χ3n) is 2.56. The Balaban J connectivity index is 2.16. The first-order valence-electron chi connectivity index (χ1n) is 5.50. The standard InChI is InChI=1S/C13H14BrN3O/c1-17(13-12(14)7-15-9-16-13)8-10-4-3-5-11(6-10)18-2/h3-7,9H,8H2,1-2H3. The number of benzene rings is 1. The normalized spacial score (nSPS) is 10.2. The van der Waals surface area contributed by atoms with Gasteiger partial charge in [-0.05, 0) is 33.6 Å². The van der Waals surface area contributed by atoms with Gasteiger partial charge in [-0.1, -0.05) is 12.1 Å². The van der Waals surface area contributed by atoms with Gasteiger partial charge in [0.05, 0.1) is 11.6 Å². The Morgan fingerprint density at radius 1 is 1.39 bits per heavy atom. The second-order valence-electron chi connectivity index (χ2n) is 3.90. The van der Waals surface area contributed by atoms with Gasteiger partial charge in [-0.2, -0.15) is 0 Å². The predicted octanol–water partition coefficient (Wildman–Crippen LogP) is 2.88. The van der Waals surface area contributed by atoms with Crippen molar-refractivity contribution >= 4 is 21.7 Å². The average Bonchev–Trinajstić information content (AvgIpc) is 2.39. The molecular weight excluding hydrogens is 294 g/mol. The highest BCUT2D eigenvalue weighted by molar-refractivity contribution is 9.10. The average molecular weight is 308 g/mol. The third kappa shape index (κ3) is 2.98. The second kappa shape index (κ2) is 5.82. The van der Waals surface area contributed by atoms with E-state index in [1.165, 1.54) is 5.56 Å². The lowest BCUT2D eigenvalue weighted by molar-refractivity contribution is 0.414. The number of aromatic nitrogens is 2. The molecule has 2 aromatic rings. The van der Waals surface area contributed by atoms with Crippen molar-refractivity contribution in [1.82, 2.24) is 9.97 Å². The maximum absolute atomic E-state index is 5.21. The summed E-state index contributed by atoms with van der Waals surface area (Å²) >= 11 is 3.45. The molecule has 0 aliphatic heterocycles. The van der Waals surface area contributed by atoms with Crippen LogP contribution in [0.25, 0.3) is 0 Å². The smallest absolute Gasteiger partial charge is 0.146 e. The second-order valence-corrected chi connectivity index (χ2v) is 4.76. The van der Waals surface area contributed by atoms with E-state index in [1.807, 2.05) is 25.2 Å². The monoisotopic (exact) mass is 307 g/mol. The largest absolute Gasteiger partial charge is 0.497 e. The first kappa shape index (κ1) is 12.8. The molecule has 0 saturated carbocycles. The molecule has 0 aliphatic rings. The highest BCUT2D eigenvalue weighted by Crippen LogP contribution is 2.23. The molecule has 0 unspecified atom stereocenters. The molecule has 94 valence electrons. The van der Waals surface area contributed by atoms with E-state index in [4.69, 9.17) is 4.74 Å². The SMILES string of the molecule is COc1cccc(CN(C)c2ncncc2Br)c1. The number of hydrogen-bond donors (Lipinski definition) is 0. The summed E-state index contributed by atoms with van der Waals surface area (Å²) in [7, 11) is 3.66. The van der Waals surface area contributed by atoms with Crippen LogP contribution in [-0.2, 0) is 6.54 Å². The molecule has 5 heteroatoms. The predicted molar refractivity (Wildman–Crippen MR) is 74.8 cm³/mol. The molecule has 0 saturated heterocycles. The summed E-state index contributed by atoms with van der Waals surface area (Å²) in [5.74, 6) is 1.73. The van der Waals surface area contributed by atoms with E-state index < -0.39 is 0 Å². The van der Waals surface area contributed by atoms with Crippen molar-refractivity contribution in [2.75, 3.05) is 19.1 Å². The number of nitrogens with zero attached hydrogens (tertiary/aromatic N) is 3. The van der Waals surface area contributed by atoms with Crippen molar-refractivity contribution in [2.45, 2.75) is 6.54 Å². The first-order valence-corrected chi connectivity index (χ1v) is 6.29. The van der Waals surface area contributed by atoms with Gasteiger partial charge in [0.25, 0.3) is 0 Å². The van der Waals surface area contributed by atoms with Gasteiger partial charge in [0.2, 0.25) is 0 Å². The zero-order valence-electron chi connectivity index (χ0n) is 10.3. The van der Waals surface area contributed by atoms with Crippen LogP contribution in [-0.4, -0.2) is 24.1 Å². The fourth-order valence-electron chi connectivity index (χ4n) is 1.71. The first-order chi connectivity index (χ1) is 8.70. The lowest BCUT2D eigenvalue weighted by atomic mass is 10.2. The minimum Gasteiger partial charge on any atom is -0.497 e. The van der Waals surface area contributed by atoms with E-state index in [0.29, 0.717) is 0 Å². The van der Waals surface area contributed by atoms with Crippen LogP contribution >= 0.6 is 15.9 Å². The number of rotatable bonds is 4. The van der Waals surface area contributed by atoms with Crippen molar-refractivity contribution in [2.24, 2.45) is 0 Å². The summed E-state index contributed by atoms with van der Waals surface area (Å²) in [6.45, 7) is 0.757. The van der Waals surface area contributed by atoms with Crippen LogP contribution in [0.1, 0.15) is 5.56 Å². The van der Waals surface area contributed by atoms with Crippen LogP contribution in [0.3, 0.4) is 0 Å². The number of anilines is 1. The molecule has 1 aromatic carbocycles. The molecule has 0 amide bonds. The lowest BCUT2D eigenvalue weighted by Gasteiger charge is -2.19. The van der Waals surface area contributed by atoms with Crippen LogP contribution in [0, 0.1) is 0 Å². The molecule has 0 bridgehead atoms. The molecule has 1 heterocycles. The van der Waals surface area contributed by atoms with Crippen LogP contribution in [0.4, 0.5) is 5.82 Å². The zero-order valence-corrected chi connectivity index (χ0v) is 11.9. The Labute approximate surface area is 115 Å². The van der Waals surface area contributed by atoms with Crippen molar-refractivity contribution in [3.8, 4) is 5.75 Å². The van der Waals surface area contributed by atoms with Crippen molar-refractivity contribution < 1.29 is 4.74 Å². The van der Waals surface area contributed by atoms with E-state index in [9.17, 15) is 0 Å². The zero-order chi connectivity index (χ0) is 13.0. The molecule has 0 spiro atoms. The number of ether oxygens (including phenoxy) is 1. The molecule has 0 fully saturated rings. The Kier molecular flexibility index (Phi) is 4.15. The van der Waals surface area contributed by atoms with E-state index >= 15 is 0 Å². The van der Waals surface area contributed by atoms with Crippen molar-refractivity contribution in [1.29, 1.82) is 0 Å². The van der Waals surface area contributed by atoms with E-state index in [2.05, 4.69) is 36.9 Å². The van der Waals surface area contributed by atoms with Crippen LogP contribution in [0.5, 0.6) is 5.75 Å². The Morgan fingerprint density at radius 3 is 2.94 bits per heavy atom. The van der Waals surface area contributed by atoms with Gasteiger partial charge in [-0.15, -0.1) is 0 Å². The van der Waals surface area contributed by atoms with Crippen LogP contribution in [0.15, 0.2) is 41.3 Å². The third-order valence-corrected chi connectivity index (χ3v) is 3.12. The summed E-state index contributed by atoms with van der Waals surface area (Å²) in [5.41, 5.74) is 1.17. The van der Waals surface area contributed by atoms with Gasteiger partial charge < -0.3 is 9.64 Å². The van der Waals surface area contributed by atoms with Gasteiger partial charge in [0.1, 0.15) is 17.9 Å². The fraction of sp³-hybridized carbons (Fsp3) is 0.231. The van der Waals surface area contributed by atoms with E-state index in [-0.39, 0.29) is 0 Å². The molecule has 0 radical (unpaired) electrons. The highest BCUT2D eigenvalue weighted by Gasteiger charge is 2.08. The molecule has 1 aromatic heterocycles. The molecular formula is C13H14BrN3O. The van der Waals surface area contributed by atoms with E-state index in [1.54, 1.807) is 19.6 Å². The van der Waals surface area contributed by atoms with Crippen molar-refractivity contribution in [3.05, 3.63) is 46.8 Å². The minimum atomic E-state index is 0.757. The van der Waals surface area contributed by atoms with Gasteiger partial charge in [-0.3, -0.25) is 0 Å². The summed E-state index contributed by atoms with van der Waals surface area (Å²) in [4.78, 5) is 10.3. The highest BCUT2D eigenvalue weighted by atomic mass is 79.9. The fourth-order valence-corrected chi connectivity index (χ4v) is 2.23. The minimum absolute atomic E-state index is 0.757. The molecule has 18 heavy (non-hydrogen) atoms. The lowest BCUT2D eigenvalue weighted by Crippen LogP contribution is -2.18. The molecule has 0 atom stereocenters. The Bertz CT molecular complexity index is 533. The number of halogens is 1. The van der Waals surface area contributed by atoms with Crippen LogP contribution < -0.4 is 9.64 Å². The maximum atomic E-state index is 5.21. The molecule has 0 aliphatic carbocycles. The number of hydrogen-bond acceptors (Lipinski definition) is 4. The molecule has 0 N–H and O–H groups in total. The van der Waals surface area contributed by atoms with Gasteiger partial charge >= 0.3 is 0 Å². The summed E-state index contributed by atoms with van der Waals surface area (Å²) in [5, 5.41) is 0. The number of methoxy groups -OCH3 is 1. The quantitative estimate of drug-likeness (QED) is 0.870. The molecule has 4 nitrogen and oxygen atoms in total. The van der Waals surface area contributed by atoms with Crippen LogP contribution in [0.2, 0.25) is 0 Å². The summed E-state index contributed by atoms with van der Waals surface area (Å²) < 4.78 is 6.10. The molecule has 2 rings (SSSR count). The van der Waals surface area contributed by atoms with E-state index in [0.717, 1.165) is 22.6 Å². The topological polar surface area (TPSA) is 38.2 Å². The maximum Gasteiger partial charge on any atom is 0.146 e. The summed E-state index contributed by atoms with van der Waals surface area (Å²) in [6, 6.07) is 8.00. The van der Waals surface area contributed by atoms with Gasteiger partial charge in [0.15, 0.2) is 0 Å². The van der Waals surface area contributed by atoms with Gasteiger partial charge in [0, 0.05) is 19.8 Å². The Hall–Kier alpha value is -1.62. The van der Waals surface area contributed by atoms with Crippen molar-refractivity contribution in [3.63, 3.8) is 0 Å². The summed E-state index contributed by atoms with van der Waals surface area (Å²) in [6.07, 6.45) is 3.28. The van der Waals surface area contributed by atoms with Gasteiger partial charge in [-0.25, -0.2) is 9.97 Å².